The van der Waals surface area contributed by atoms with Gasteiger partial charge in [-0.3, -0.25) is 0 Å². The van der Waals surface area contributed by atoms with Gasteiger partial charge in [0.2, 0.25) is 0 Å². The van der Waals surface area contributed by atoms with Crippen LogP contribution in [0.15, 0.2) is 0 Å². The molecule has 2 nitrogen and oxygen atoms in total. The summed E-state index contributed by atoms with van der Waals surface area (Å²) in [6.45, 7) is 24.4. The molecule has 0 bridgehead atoms. The molecule has 0 saturated carbocycles. The van der Waals surface area contributed by atoms with Crippen LogP contribution in [-0.4, -0.2) is 42.0 Å². The third-order valence-corrected chi connectivity index (χ3v) is 11.6. The summed E-state index contributed by atoms with van der Waals surface area (Å²) in [7, 11) is -3.38. The molecule has 5 heteroatoms. The highest BCUT2D eigenvalue weighted by molar-refractivity contribution is 6.89. The molecule has 0 heterocycles. The minimum absolute atomic E-state index is 1.09. The van der Waals surface area contributed by atoms with Crippen molar-refractivity contribution in [1.29, 1.82) is 0 Å². The van der Waals surface area contributed by atoms with Crippen molar-refractivity contribution in [3.63, 3.8) is 0 Å². The predicted octanol–water partition coefficient (Wildman–Crippen LogP) is 3.38. The Morgan fingerprint density at radius 2 is 1.12 bits per heavy atom. The lowest BCUT2D eigenvalue weighted by molar-refractivity contribution is 0.602. The van der Waals surface area contributed by atoms with Crippen LogP contribution in [0.1, 0.15) is 0 Å². The van der Waals surface area contributed by atoms with Gasteiger partial charge in [-0.05, 0) is 6.54 Å². The average Bonchev–Trinajstić information content (AvgIpc) is 1.90. The summed E-state index contributed by atoms with van der Waals surface area (Å²) in [6, 6.07) is 0. The topological polar surface area (TPSA) is 15.3 Å². The fraction of sp³-hybridized carbons (Fsp3) is 1.00. The van der Waals surface area contributed by atoms with Crippen LogP contribution in [0, 0.1) is 0 Å². The molecule has 0 aliphatic rings. The fourth-order valence-electron chi connectivity index (χ4n) is 2.22. The van der Waals surface area contributed by atoms with Crippen LogP contribution in [0.25, 0.3) is 0 Å². The molecule has 0 saturated heterocycles. The molecule has 0 aromatic rings. The second-order valence-electron chi connectivity index (χ2n) is 7.67. The molecule has 0 aliphatic heterocycles. The van der Waals surface area contributed by atoms with E-state index >= 15 is 0 Å². The summed E-state index contributed by atoms with van der Waals surface area (Å²) < 4.78 is 2.85. The molecular weight excluding hydrogens is 244 g/mol. The second-order valence-corrected chi connectivity index (χ2v) is 22.7. The van der Waals surface area contributed by atoms with Crippen LogP contribution >= 0.6 is 0 Å². The standard InChI is InChI=1S/C11H32N2Si3/c1-14(2,3)12-10-11-13(15(4,5)6)16(7,8)9/h12H,10-11H2,1-9H3. The first-order valence-corrected chi connectivity index (χ1v) is 16.8. The fourth-order valence-corrected chi connectivity index (χ4v) is 12.7. The quantitative estimate of drug-likeness (QED) is 0.748. The van der Waals surface area contributed by atoms with Gasteiger partial charge in [-0.1, -0.05) is 58.9 Å². The Morgan fingerprint density at radius 1 is 0.750 bits per heavy atom. The highest BCUT2D eigenvalue weighted by Crippen LogP contribution is 2.18. The Kier molecular flexibility index (Phi) is 5.67. The largest absolute Gasteiger partial charge is 0.345 e. The van der Waals surface area contributed by atoms with E-state index in [1.165, 1.54) is 13.1 Å². The number of nitrogens with zero attached hydrogens (tertiary/aromatic N) is 1. The Balaban J connectivity index is 4.38. The first-order valence-electron chi connectivity index (χ1n) is 6.37. The molecule has 16 heavy (non-hydrogen) atoms. The molecule has 0 radical (unpaired) electrons. The molecule has 98 valence electrons. The number of hydrogen-bond acceptors (Lipinski definition) is 2. The van der Waals surface area contributed by atoms with Gasteiger partial charge < -0.3 is 9.21 Å². The molecule has 0 fully saturated rings. The Morgan fingerprint density at radius 3 is 1.38 bits per heavy atom. The van der Waals surface area contributed by atoms with Gasteiger partial charge in [0.05, 0.1) is 0 Å². The lowest BCUT2D eigenvalue weighted by atomic mass is 10.7. The summed E-state index contributed by atoms with van der Waals surface area (Å²) in [4.78, 5) is 3.74. The van der Waals surface area contributed by atoms with E-state index in [-0.39, 0.29) is 0 Å². The van der Waals surface area contributed by atoms with E-state index in [9.17, 15) is 0 Å². The molecule has 0 aliphatic carbocycles. The van der Waals surface area contributed by atoms with Crippen molar-refractivity contribution < 1.29 is 0 Å². The maximum atomic E-state index is 3.74. The smallest absolute Gasteiger partial charge is 0.116 e. The van der Waals surface area contributed by atoms with Gasteiger partial charge in [0.25, 0.3) is 0 Å². The highest BCUT2D eigenvalue weighted by Gasteiger charge is 2.33. The maximum absolute atomic E-state index is 3.74. The lowest BCUT2D eigenvalue weighted by Gasteiger charge is -2.44. The van der Waals surface area contributed by atoms with Gasteiger partial charge in [-0.25, -0.2) is 0 Å². The summed E-state index contributed by atoms with van der Waals surface area (Å²) in [6.07, 6.45) is 0. The van der Waals surface area contributed by atoms with E-state index in [4.69, 9.17) is 0 Å². The van der Waals surface area contributed by atoms with E-state index in [0.717, 1.165) is 0 Å². The SMILES string of the molecule is C[Si](C)(C)NCCN([Si](C)(C)C)[Si](C)(C)C. The first kappa shape index (κ1) is 16.6. The van der Waals surface area contributed by atoms with Crippen molar-refractivity contribution in [2.45, 2.75) is 58.9 Å². The van der Waals surface area contributed by atoms with Crippen molar-refractivity contribution in [3.8, 4) is 0 Å². The molecule has 0 amide bonds. The molecule has 0 aromatic carbocycles. The lowest BCUT2D eigenvalue weighted by Crippen LogP contribution is -2.61. The molecule has 0 aromatic heterocycles. The number of rotatable bonds is 6. The molecule has 0 unspecified atom stereocenters. The van der Waals surface area contributed by atoms with Crippen molar-refractivity contribution >= 4 is 24.7 Å². The maximum Gasteiger partial charge on any atom is 0.116 e. The van der Waals surface area contributed by atoms with E-state index in [1.807, 2.05) is 0 Å². The Labute approximate surface area is 106 Å². The Bertz CT molecular complexity index is 197. The van der Waals surface area contributed by atoms with Crippen molar-refractivity contribution in [2.24, 2.45) is 0 Å². The zero-order valence-corrected chi connectivity index (χ0v) is 15.9. The van der Waals surface area contributed by atoms with Crippen LogP contribution in [-0.2, 0) is 0 Å². The summed E-state index contributed by atoms with van der Waals surface area (Å²) in [5, 5.41) is 0. The molecular formula is C11H32N2Si3. The molecule has 1 N–H and O–H groups in total. The number of hydrogen-bond donors (Lipinski definition) is 1. The van der Waals surface area contributed by atoms with Crippen LogP contribution in [0.5, 0.6) is 0 Å². The van der Waals surface area contributed by atoms with Crippen molar-refractivity contribution in [2.75, 3.05) is 13.1 Å². The third-order valence-electron chi connectivity index (χ3n) is 2.61. The van der Waals surface area contributed by atoms with Crippen molar-refractivity contribution in [3.05, 3.63) is 0 Å². The normalized spacial score (nSPS) is 14.6. The van der Waals surface area contributed by atoms with Gasteiger partial charge in [0.15, 0.2) is 0 Å². The van der Waals surface area contributed by atoms with E-state index in [2.05, 4.69) is 68.1 Å². The van der Waals surface area contributed by atoms with Crippen LogP contribution < -0.4 is 4.98 Å². The summed E-state index contributed by atoms with van der Waals surface area (Å²) in [5.41, 5.74) is 0. The van der Waals surface area contributed by atoms with E-state index in [1.54, 1.807) is 0 Å². The molecule has 0 rings (SSSR count). The van der Waals surface area contributed by atoms with Gasteiger partial charge in [0.1, 0.15) is 24.7 Å². The third kappa shape index (κ3) is 7.01. The van der Waals surface area contributed by atoms with E-state index < -0.39 is 24.7 Å². The van der Waals surface area contributed by atoms with Gasteiger partial charge >= 0.3 is 0 Å². The van der Waals surface area contributed by atoms with Crippen molar-refractivity contribution in [1.82, 2.24) is 9.21 Å². The first-order chi connectivity index (χ1) is 6.84. The molecule has 0 spiro atoms. The Hall–Kier alpha value is 0.571. The zero-order chi connectivity index (χ0) is 13.2. The summed E-state index contributed by atoms with van der Waals surface area (Å²) in [5.74, 6) is 0. The van der Waals surface area contributed by atoms with E-state index in [0.29, 0.717) is 0 Å². The van der Waals surface area contributed by atoms with Gasteiger partial charge in [0, 0.05) is 6.54 Å². The van der Waals surface area contributed by atoms with Crippen LogP contribution in [0.2, 0.25) is 58.9 Å². The number of nitrogens with one attached hydrogen (secondary N) is 1. The van der Waals surface area contributed by atoms with Gasteiger partial charge in [-0.15, -0.1) is 0 Å². The van der Waals surface area contributed by atoms with Crippen LogP contribution in [0.4, 0.5) is 0 Å². The second kappa shape index (κ2) is 5.48. The van der Waals surface area contributed by atoms with Gasteiger partial charge in [-0.2, -0.15) is 0 Å². The monoisotopic (exact) mass is 276 g/mol. The highest BCUT2D eigenvalue weighted by atomic mass is 28.4. The predicted molar refractivity (Wildman–Crippen MR) is 84.7 cm³/mol. The van der Waals surface area contributed by atoms with Crippen LogP contribution in [0.3, 0.4) is 0 Å². The zero-order valence-electron chi connectivity index (χ0n) is 12.9. The minimum atomic E-state index is -1.15. The summed E-state index contributed by atoms with van der Waals surface area (Å²) >= 11 is 0. The minimum Gasteiger partial charge on any atom is -0.345 e. The average molecular weight is 277 g/mol. The molecule has 0 atom stereocenters.